The molecule has 1 aromatic heterocycles. The fourth-order valence-electron chi connectivity index (χ4n) is 2.54. The molecule has 0 saturated heterocycles. The minimum Gasteiger partial charge on any atom is -0.478 e. The summed E-state index contributed by atoms with van der Waals surface area (Å²) in [5.74, 6) is -0.601. The Hall–Kier alpha value is -3.37. The maximum atomic E-state index is 11.0. The monoisotopic (exact) mass is 390 g/mol. The van der Waals surface area contributed by atoms with Crippen LogP contribution >= 0.6 is 11.8 Å². The first-order valence-corrected chi connectivity index (χ1v) is 9.50. The highest BCUT2D eigenvalue weighted by molar-refractivity contribution is 7.99. The van der Waals surface area contributed by atoms with Gasteiger partial charge < -0.3 is 10.4 Å². The zero-order valence-electron chi connectivity index (χ0n) is 15.4. The van der Waals surface area contributed by atoms with Crippen LogP contribution in [0.3, 0.4) is 0 Å². The van der Waals surface area contributed by atoms with E-state index in [1.54, 1.807) is 12.1 Å². The Balaban J connectivity index is 2.08. The Bertz CT molecular complexity index is 1030. The lowest BCUT2D eigenvalue weighted by Gasteiger charge is -2.14. The lowest BCUT2D eigenvalue weighted by molar-refractivity contribution is 0.0697. The molecule has 140 valence electrons. The SMILES string of the molecule is CC(C)Sc1nc(Nc2ccc(C(=O)O)cc2)c(C#N)c(-c2ccccc2)n1. The molecule has 0 radical (unpaired) electrons. The first-order valence-electron chi connectivity index (χ1n) is 8.62. The van der Waals surface area contributed by atoms with E-state index in [1.165, 1.54) is 23.9 Å². The molecule has 0 amide bonds. The summed E-state index contributed by atoms with van der Waals surface area (Å²) in [4.78, 5) is 20.2. The third-order valence-electron chi connectivity index (χ3n) is 3.78. The van der Waals surface area contributed by atoms with E-state index in [-0.39, 0.29) is 10.8 Å². The molecule has 2 aromatic carbocycles. The quantitative estimate of drug-likeness (QED) is 0.453. The largest absolute Gasteiger partial charge is 0.478 e. The molecule has 2 N–H and O–H groups in total. The second-order valence-corrected chi connectivity index (χ2v) is 7.77. The van der Waals surface area contributed by atoms with E-state index in [2.05, 4.69) is 21.4 Å². The zero-order chi connectivity index (χ0) is 20.1. The Morgan fingerprint density at radius 2 is 1.79 bits per heavy atom. The van der Waals surface area contributed by atoms with E-state index >= 15 is 0 Å². The number of nitrogens with zero attached hydrogens (tertiary/aromatic N) is 3. The molecule has 0 spiro atoms. The Morgan fingerprint density at radius 3 is 2.36 bits per heavy atom. The number of nitriles is 1. The fraction of sp³-hybridized carbons (Fsp3) is 0.143. The molecule has 3 rings (SSSR count). The molecule has 0 aliphatic heterocycles. The molecule has 3 aromatic rings. The van der Waals surface area contributed by atoms with Gasteiger partial charge in [-0.2, -0.15) is 5.26 Å². The van der Waals surface area contributed by atoms with Crippen molar-refractivity contribution in [1.29, 1.82) is 5.26 Å². The smallest absolute Gasteiger partial charge is 0.335 e. The lowest BCUT2D eigenvalue weighted by atomic mass is 10.1. The highest BCUT2D eigenvalue weighted by atomic mass is 32.2. The van der Waals surface area contributed by atoms with Crippen LogP contribution in [0, 0.1) is 11.3 Å². The molecule has 0 fully saturated rings. The van der Waals surface area contributed by atoms with Crippen LogP contribution in [0.5, 0.6) is 0 Å². The summed E-state index contributed by atoms with van der Waals surface area (Å²) in [7, 11) is 0. The zero-order valence-corrected chi connectivity index (χ0v) is 16.2. The number of carboxylic acids is 1. The molecular formula is C21H18N4O2S. The molecule has 0 bridgehead atoms. The highest BCUT2D eigenvalue weighted by Crippen LogP contribution is 2.31. The Labute approximate surface area is 167 Å². The summed E-state index contributed by atoms with van der Waals surface area (Å²) < 4.78 is 0. The van der Waals surface area contributed by atoms with Gasteiger partial charge in [-0.1, -0.05) is 55.9 Å². The van der Waals surface area contributed by atoms with Gasteiger partial charge in [0, 0.05) is 16.5 Å². The van der Waals surface area contributed by atoms with Crippen LogP contribution < -0.4 is 5.32 Å². The number of hydrogen-bond acceptors (Lipinski definition) is 6. The summed E-state index contributed by atoms with van der Waals surface area (Å²) in [5.41, 5.74) is 2.55. The van der Waals surface area contributed by atoms with Crippen molar-refractivity contribution in [2.75, 3.05) is 5.32 Å². The van der Waals surface area contributed by atoms with Crippen molar-refractivity contribution in [3.8, 4) is 17.3 Å². The van der Waals surface area contributed by atoms with Gasteiger partial charge in [0.2, 0.25) is 0 Å². The average Bonchev–Trinajstić information content (AvgIpc) is 2.68. The number of nitrogens with one attached hydrogen (secondary N) is 1. The third-order valence-corrected chi connectivity index (χ3v) is 4.65. The number of aromatic carboxylic acids is 1. The van der Waals surface area contributed by atoms with Gasteiger partial charge in [0.05, 0.1) is 11.3 Å². The van der Waals surface area contributed by atoms with E-state index in [4.69, 9.17) is 5.11 Å². The second-order valence-electron chi connectivity index (χ2n) is 6.23. The van der Waals surface area contributed by atoms with Gasteiger partial charge in [-0.05, 0) is 24.3 Å². The third kappa shape index (κ3) is 4.48. The van der Waals surface area contributed by atoms with E-state index in [0.29, 0.717) is 27.9 Å². The van der Waals surface area contributed by atoms with Crippen LogP contribution in [0.1, 0.15) is 29.8 Å². The molecule has 1 heterocycles. The normalized spacial score (nSPS) is 10.5. The van der Waals surface area contributed by atoms with Gasteiger partial charge in [-0.25, -0.2) is 14.8 Å². The van der Waals surface area contributed by atoms with Crippen LogP contribution in [0.2, 0.25) is 0 Å². The van der Waals surface area contributed by atoms with Crippen LogP contribution in [0.25, 0.3) is 11.3 Å². The fourth-order valence-corrected chi connectivity index (χ4v) is 3.25. The number of anilines is 2. The van der Waals surface area contributed by atoms with Crippen molar-refractivity contribution in [1.82, 2.24) is 9.97 Å². The maximum absolute atomic E-state index is 11.0. The molecule has 28 heavy (non-hydrogen) atoms. The van der Waals surface area contributed by atoms with Crippen molar-refractivity contribution >= 4 is 29.2 Å². The van der Waals surface area contributed by atoms with Crippen LogP contribution in [-0.2, 0) is 0 Å². The predicted molar refractivity (Wildman–Crippen MR) is 110 cm³/mol. The predicted octanol–water partition coefficient (Wildman–Crippen LogP) is 4.96. The first-order chi connectivity index (χ1) is 13.5. The van der Waals surface area contributed by atoms with E-state index < -0.39 is 5.97 Å². The van der Waals surface area contributed by atoms with Gasteiger partial charge in [0.1, 0.15) is 11.6 Å². The van der Waals surface area contributed by atoms with Gasteiger partial charge >= 0.3 is 5.97 Å². The number of rotatable bonds is 6. The van der Waals surface area contributed by atoms with Crippen molar-refractivity contribution in [3.63, 3.8) is 0 Å². The van der Waals surface area contributed by atoms with Crippen molar-refractivity contribution in [2.24, 2.45) is 0 Å². The molecule has 0 unspecified atom stereocenters. The Morgan fingerprint density at radius 1 is 1.11 bits per heavy atom. The number of aromatic nitrogens is 2. The topological polar surface area (TPSA) is 98.9 Å². The molecule has 0 atom stereocenters. The van der Waals surface area contributed by atoms with E-state index in [0.717, 1.165) is 5.56 Å². The standard InChI is InChI=1S/C21H18N4O2S/c1-13(2)28-21-24-18(14-6-4-3-5-7-14)17(12-22)19(25-21)23-16-10-8-15(9-11-16)20(26)27/h3-11,13H,1-2H3,(H,26,27)(H,23,24,25). The number of hydrogen-bond donors (Lipinski definition) is 2. The number of carboxylic acid groups (broad SMARTS) is 1. The number of carbonyl (C=O) groups is 1. The number of thioether (sulfide) groups is 1. The first kappa shape index (κ1) is 19.4. The number of benzene rings is 2. The van der Waals surface area contributed by atoms with Crippen molar-refractivity contribution in [2.45, 2.75) is 24.3 Å². The lowest BCUT2D eigenvalue weighted by Crippen LogP contribution is -2.05. The van der Waals surface area contributed by atoms with Crippen LogP contribution in [0.15, 0.2) is 59.8 Å². The summed E-state index contributed by atoms with van der Waals surface area (Å²) in [6.45, 7) is 4.10. The second kappa shape index (κ2) is 8.55. The minimum atomic E-state index is -0.992. The van der Waals surface area contributed by atoms with E-state index in [1.807, 2.05) is 44.2 Å². The maximum Gasteiger partial charge on any atom is 0.335 e. The van der Waals surface area contributed by atoms with Gasteiger partial charge in [0.15, 0.2) is 11.0 Å². The summed E-state index contributed by atoms with van der Waals surface area (Å²) in [6.07, 6.45) is 0. The van der Waals surface area contributed by atoms with Gasteiger partial charge in [-0.15, -0.1) is 0 Å². The molecule has 0 aliphatic carbocycles. The van der Waals surface area contributed by atoms with E-state index in [9.17, 15) is 10.1 Å². The molecular weight excluding hydrogens is 372 g/mol. The average molecular weight is 390 g/mol. The molecule has 0 aliphatic rings. The van der Waals surface area contributed by atoms with Crippen LogP contribution in [-0.4, -0.2) is 26.3 Å². The Kier molecular flexibility index (Phi) is 5.92. The molecule has 7 heteroatoms. The summed E-state index contributed by atoms with van der Waals surface area (Å²) in [6, 6.07) is 18.0. The summed E-state index contributed by atoms with van der Waals surface area (Å²) >= 11 is 1.51. The molecule has 6 nitrogen and oxygen atoms in total. The van der Waals surface area contributed by atoms with Gasteiger partial charge in [0.25, 0.3) is 0 Å². The molecule has 0 saturated carbocycles. The van der Waals surface area contributed by atoms with Crippen LogP contribution in [0.4, 0.5) is 11.5 Å². The van der Waals surface area contributed by atoms with Crippen molar-refractivity contribution in [3.05, 3.63) is 65.7 Å². The van der Waals surface area contributed by atoms with Gasteiger partial charge in [-0.3, -0.25) is 0 Å². The highest BCUT2D eigenvalue weighted by Gasteiger charge is 2.17. The minimum absolute atomic E-state index is 0.190. The van der Waals surface area contributed by atoms with Crippen molar-refractivity contribution < 1.29 is 9.90 Å². The summed E-state index contributed by atoms with van der Waals surface area (Å²) in [5, 5.41) is 22.8.